The number of aromatic nitrogens is 1. The van der Waals surface area contributed by atoms with Gasteiger partial charge in [0.15, 0.2) is 0 Å². The van der Waals surface area contributed by atoms with E-state index in [1.165, 1.54) is 0 Å². The average molecular weight is 376 g/mol. The largest absolute Gasteiger partial charge is 0.487 e. The summed E-state index contributed by atoms with van der Waals surface area (Å²) in [6.07, 6.45) is 0. The standard InChI is InChI=1S/C15H15F3N2O2S2/c1-10-20-12(9-23-10)8-22-13-4-2-11(3-5-13)14(21)19-6-7-24-15(16,17)18/h2-5,9H,6-8H2,1H3,(H,19,21). The van der Waals surface area contributed by atoms with Gasteiger partial charge in [-0.2, -0.15) is 13.2 Å². The van der Waals surface area contributed by atoms with Crippen LogP contribution in [0.25, 0.3) is 0 Å². The fraction of sp³-hybridized carbons (Fsp3) is 0.333. The molecule has 4 nitrogen and oxygen atoms in total. The summed E-state index contributed by atoms with van der Waals surface area (Å²) in [6.45, 7) is 2.20. The maximum absolute atomic E-state index is 12.0. The van der Waals surface area contributed by atoms with Crippen molar-refractivity contribution in [3.8, 4) is 5.75 Å². The normalized spacial score (nSPS) is 11.3. The first-order chi connectivity index (χ1) is 11.3. The SMILES string of the molecule is Cc1nc(COc2ccc(C(=O)NCCSC(F)(F)F)cc2)cs1. The Hall–Kier alpha value is -1.74. The number of carbonyl (C=O) groups excluding carboxylic acids is 1. The van der Waals surface area contributed by atoms with Crippen LogP contribution in [-0.2, 0) is 6.61 Å². The second-order valence-electron chi connectivity index (χ2n) is 4.72. The molecule has 1 heterocycles. The highest BCUT2D eigenvalue weighted by Crippen LogP contribution is 2.29. The molecule has 2 rings (SSSR count). The third-order valence-electron chi connectivity index (χ3n) is 2.82. The minimum absolute atomic E-state index is 0.0512. The van der Waals surface area contributed by atoms with Crippen molar-refractivity contribution in [1.29, 1.82) is 0 Å². The number of amides is 1. The van der Waals surface area contributed by atoms with Gasteiger partial charge in [-0.25, -0.2) is 4.98 Å². The molecule has 24 heavy (non-hydrogen) atoms. The number of hydrogen-bond acceptors (Lipinski definition) is 5. The van der Waals surface area contributed by atoms with Crippen LogP contribution in [0.3, 0.4) is 0 Å². The number of ether oxygens (including phenoxy) is 1. The molecular weight excluding hydrogens is 361 g/mol. The number of nitrogens with zero attached hydrogens (tertiary/aromatic N) is 1. The third kappa shape index (κ3) is 6.40. The van der Waals surface area contributed by atoms with E-state index in [4.69, 9.17) is 4.74 Å². The van der Waals surface area contributed by atoms with E-state index in [1.807, 2.05) is 12.3 Å². The molecule has 0 radical (unpaired) electrons. The van der Waals surface area contributed by atoms with Crippen LogP contribution in [0.15, 0.2) is 29.6 Å². The quantitative estimate of drug-likeness (QED) is 0.742. The molecule has 1 N–H and O–H groups in total. The first-order valence-electron chi connectivity index (χ1n) is 6.96. The monoisotopic (exact) mass is 376 g/mol. The van der Waals surface area contributed by atoms with Gasteiger partial charge in [0.25, 0.3) is 5.91 Å². The van der Waals surface area contributed by atoms with Crippen LogP contribution < -0.4 is 10.1 Å². The van der Waals surface area contributed by atoms with Gasteiger partial charge in [0.1, 0.15) is 12.4 Å². The number of alkyl halides is 3. The number of thioether (sulfide) groups is 1. The molecule has 1 aromatic carbocycles. The van der Waals surface area contributed by atoms with Crippen LogP contribution in [0, 0.1) is 6.92 Å². The summed E-state index contributed by atoms with van der Waals surface area (Å²) in [5.74, 6) is -0.0481. The van der Waals surface area contributed by atoms with Crippen molar-refractivity contribution >= 4 is 29.0 Å². The molecule has 0 saturated heterocycles. The average Bonchev–Trinajstić information content (AvgIpc) is 2.94. The Labute approximate surface area is 145 Å². The Morgan fingerprint density at radius 2 is 2.04 bits per heavy atom. The fourth-order valence-corrected chi connectivity index (χ4v) is 2.80. The number of hydrogen-bond donors (Lipinski definition) is 1. The van der Waals surface area contributed by atoms with Crippen molar-refractivity contribution in [2.45, 2.75) is 19.0 Å². The minimum Gasteiger partial charge on any atom is -0.487 e. The molecule has 2 aromatic rings. The summed E-state index contributed by atoms with van der Waals surface area (Å²) < 4.78 is 41.5. The molecule has 0 unspecified atom stereocenters. The third-order valence-corrected chi connectivity index (χ3v) is 4.38. The van der Waals surface area contributed by atoms with E-state index in [9.17, 15) is 18.0 Å². The molecule has 1 amide bonds. The molecule has 0 aliphatic carbocycles. The smallest absolute Gasteiger partial charge is 0.441 e. The van der Waals surface area contributed by atoms with Crippen LogP contribution in [0.4, 0.5) is 13.2 Å². The van der Waals surface area contributed by atoms with E-state index in [1.54, 1.807) is 35.6 Å². The van der Waals surface area contributed by atoms with Gasteiger partial charge in [-0.3, -0.25) is 4.79 Å². The van der Waals surface area contributed by atoms with Gasteiger partial charge in [-0.05, 0) is 43.0 Å². The highest BCUT2D eigenvalue weighted by atomic mass is 32.2. The Bertz CT molecular complexity index is 672. The number of aryl methyl sites for hydroxylation is 1. The summed E-state index contributed by atoms with van der Waals surface area (Å²) in [5, 5.41) is 5.32. The molecule has 0 spiro atoms. The lowest BCUT2D eigenvalue weighted by molar-refractivity contribution is -0.0327. The van der Waals surface area contributed by atoms with Gasteiger partial charge >= 0.3 is 5.51 Å². The molecule has 1 aromatic heterocycles. The molecule has 0 fully saturated rings. The molecule has 0 aliphatic heterocycles. The van der Waals surface area contributed by atoms with Crippen molar-refractivity contribution in [3.63, 3.8) is 0 Å². The molecule has 0 saturated carbocycles. The summed E-state index contributed by atoms with van der Waals surface area (Å²) in [5.41, 5.74) is -3.08. The van der Waals surface area contributed by atoms with Gasteiger partial charge < -0.3 is 10.1 Å². The first-order valence-corrected chi connectivity index (χ1v) is 8.83. The Balaban J connectivity index is 1.77. The lowest BCUT2D eigenvalue weighted by Gasteiger charge is -2.08. The van der Waals surface area contributed by atoms with Crippen LogP contribution in [0.2, 0.25) is 0 Å². The number of halogens is 3. The molecule has 9 heteroatoms. The van der Waals surface area contributed by atoms with E-state index in [0.717, 1.165) is 10.7 Å². The maximum Gasteiger partial charge on any atom is 0.441 e. The Morgan fingerprint density at radius 1 is 1.33 bits per heavy atom. The van der Waals surface area contributed by atoms with Crippen LogP contribution >= 0.6 is 23.1 Å². The lowest BCUT2D eigenvalue weighted by Crippen LogP contribution is -2.26. The molecule has 0 atom stereocenters. The van der Waals surface area contributed by atoms with Crippen molar-refractivity contribution < 1.29 is 22.7 Å². The van der Waals surface area contributed by atoms with Gasteiger partial charge in [0.05, 0.1) is 10.7 Å². The van der Waals surface area contributed by atoms with E-state index in [0.29, 0.717) is 17.9 Å². The predicted octanol–water partition coefficient (Wildman–Crippen LogP) is 4.01. The fourth-order valence-electron chi connectivity index (χ4n) is 1.77. The van der Waals surface area contributed by atoms with Crippen molar-refractivity contribution in [1.82, 2.24) is 10.3 Å². The number of thiazole rings is 1. The van der Waals surface area contributed by atoms with E-state index < -0.39 is 11.4 Å². The second kappa shape index (κ2) is 8.39. The zero-order valence-electron chi connectivity index (χ0n) is 12.7. The van der Waals surface area contributed by atoms with Crippen LogP contribution in [-0.4, -0.2) is 28.7 Å². The zero-order valence-corrected chi connectivity index (χ0v) is 14.4. The maximum atomic E-state index is 12.0. The van der Waals surface area contributed by atoms with Crippen LogP contribution in [0.1, 0.15) is 21.1 Å². The first kappa shape index (κ1) is 18.6. The lowest BCUT2D eigenvalue weighted by atomic mass is 10.2. The molecular formula is C15H15F3N2O2S2. The summed E-state index contributed by atoms with van der Waals surface area (Å²) in [6, 6.07) is 6.40. The molecule has 130 valence electrons. The summed E-state index contributed by atoms with van der Waals surface area (Å²) in [7, 11) is 0. The number of benzene rings is 1. The summed E-state index contributed by atoms with van der Waals surface area (Å²) in [4.78, 5) is 16.1. The molecule has 0 aliphatic rings. The van der Waals surface area contributed by atoms with Gasteiger partial charge in [-0.15, -0.1) is 11.3 Å². The Kier molecular flexibility index (Phi) is 6.50. The highest BCUT2D eigenvalue weighted by molar-refractivity contribution is 8.00. The Morgan fingerprint density at radius 3 is 2.62 bits per heavy atom. The van der Waals surface area contributed by atoms with Gasteiger partial charge in [0, 0.05) is 23.2 Å². The van der Waals surface area contributed by atoms with Crippen LogP contribution in [0.5, 0.6) is 5.75 Å². The minimum atomic E-state index is -4.28. The second-order valence-corrected chi connectivity index (χ2v) is 6.94. The number of nitrogens with one attached hydrogen (secondary N) is 1. The van der Waals surface area contributed by atoms with Crippen molar-refractivity contribution in [2.75, 3.05) is 12.3 Å². The zero-order chi connectivity index (χ0) is 17.6. The number of rotatable bonds is 7. The van der Waals surface area contributed by atoms with Gasteiger partial charge in [-0.1, -0.05) is 0 Å². The highest BCUT2D eigenvalue weighted by Gasteiger charge is 2.27. The predicted molar refractivity (Wildman–Crippen MR) is 88.5 cm³/mol. The van der Waals surface area contributed by atoms with E-state index in [-0.39, 0.29) is 24.1 Å². The number of carbonyl (C=O) groups is 1. The van der Waals surface area contributed by atoms with Gasteiger partial charge in [0.2, 0.25) is 0 Å². The van der Waals surface area contributed by atoms with Crippen molar-refractivity contribution in [3.05, 3.63) is 45.9 Å². The topological polar surface area (TPSA) is 51.2 Å². The van der Waals surface area contributed by atoms with E-state index in [2.05, 4.69) is 10.3 Å². The van der Waals surface area contributed by atoms with E-state index >= 15 is 0 Å². The summed E-state index contributed by atoms with van der Waals surface area (Å²) >= 11 is 1.38. The van der Waals surface area contributed by atoms with Crippen molar-refractivity contribution in [2.24, 2.45) is 0 Å². The molecule has 0 bridgehead atoms.